The Hall–Kier alpha value is -0.880. The van der Waals surface area contributed by atoms with Gasteiger partial charge in [-0.15, -0.1) is 0 Å². The van der Waals surface area contributed by atoms with Crippen LogP contribution in [0.2, 0.25) is 0 Å². The minimum Gasteiger partial charge on any atom is -0.468 e. The molecule has 118 valence electrons. The molecule has 1 N–H and O–H groups in total. The highest BCUT2D eigenvalue weighted by molar-refractivity contribution is 5.06. The lowest BCUT2D eigenvalue weighted by molar-refractivity contribution is -0.253. The maximum absolute atomic E-state index is 5.70. The second-order valence-electron chi connectivity index (χ2n) is 6.40. The average molecular weight is 294 g/mol. The first kappa shape index (κ1) is 15.0. The van der Waals surface area contributed by atoms with Crippen LogP contribution in [0.3, 0.4) is 0 Å². The van der Waals surface area contributed by atoms with E-state index in [2.05, 4.69) is 16.3 Å². The maximum atomic E-state index is 5.70. The third-order valence-electron chi connectivity index (χ3n) is 4.32. The fourth-order valence-corrected chi connectivity index (χ4v) is 3.03. The molecule has 2 aliphatic heterocycles. The van der Waals surface area contributed by atoms with Gasteiger partial charge in [0.05, 0.1) is 31.6 Å². The Balaban J connectivity index is 1.55. The number of furan rings is 1. The van der Waals surface area contributed by atoms with E-state index in [-0.39, 0.29) is 6.04 Å². The van der Waals surface area contributed by atoms with Gasteiger partial charge in [0.2, 0.25) is 0 Å². The van der Waals surface area contributed by atoms with Crippen molar-refractivity contribution < 1.29 is 13.9 Å². The van der Waals surface area contributed by atoms with Crippen LogP contribution in [0.5, 0.6) is 0 Å². The van der Waals surface area contributed by atoms with Crippen LogP contribution in [-0.2, 0) is 9.47 Å². The molecule has 1 aromatic rings. The van der Waals surface area contributed by atoms with E-state index in [0.29, 0.717) is 19.3 Å². The second kappa shape index (κ2) is 6.48. The van der Waals surface area contributed by atoms with E-state index in [1.807, 2.05) is 19.9 Å². The van der Waals surface area contributed by atoms with Crippen molar-refractivity contribution in [1.82, 2.24) is 10.2 Å². The number of nitrogens with one attached hydrogen (secondary N) is 1. The molecule has 0 spiro atoms. The van der Waals surface area contributed by atoms with Gasteiger partial charge >= 0.3 is 0 Å². The molecular formula is C16H26N2O3. The first-order valence-electron chi connectivity index (χ1n) is 7.93. The first-order chi connectivity index (χ1) is 10.1. The second-order valence-corrected chi connectivity index (χ2v) is 6.40. The third kappa shape index (κ3) is 3.86. The summed E-state index contributed by atoms with van der Waals surface area (Å²) >= 11 is 0. The summed E-state index contributed by atoms with van der Waals surface area (Å²) in [5.41, 5.74) is 0. The molecule has 1 aromatic heterocycles. The molecule has 1 unspecified atom stereocenters. The van der Waals surface area contributed by atoms with Crippen LogP contribution in [0.15, 0.2) is 22.8 Å². The number of hydrogen-bond acceptors (Lipinski definition) is 5. The van der Waals surface area contributed by atoms with Crippen LogP contribution in [0.1, 0.15) is 38.5 Å². The number of rotatable bonds is 5. The van der Waals surface area contributed by atoms with Crippen LogP contribution in [0.4, 0.5) is 0 Å². The highest BCUT2D eigenvalue weighted by atomic mass is 16.7. The Bertz CT molecular complexity index is 417. The Morgan fingerprint density at radius 3 is 2.62 bits per heavy atom. The van der Waals surface area contributed by atoms with Crippen LogP contribution in [0.25, 0.3) is 0 Å². The quantitative estimate of drug-likeness (QED) is 0.901. The number of nitrogens with zero attached hydrogens (tertiary/aromatic N) is 1. The molecule has 3 heterocycles. The molecule has 5 heteroatoms. The fraction of sp³-hybridized carbons (Fsp3) is 0.750. The van der Waals surface area contributed by atoms with Crippen LogP contribution in [0, 0.1) is 0 Å². The molecule has 2 fully saturated rings. The van der Waals surface area contributed by atoms with Gasteiger partial charge in [-0.3, -0.25) is 4.90 Å². The highest BCUT2D eigenvalue weighted by Gasteiger charge is 2.30. The predicted molar refractivity (Wildman–Crippen MR) is 80.0 cm³/mol. The van der Waals surface area contributed by atoms with E-state index in [9.17, 15) is 0 Å². The van der Waals surface area contributed by atoms with Gasteiger partial charge in [0.1, 0.15) is 5.76 Å². The van der Waals surface area contributed by atoms with E-state index in [1.165, 1.54) is 12.8 Å². The van der Waals surface area contributed by atoms with Gasteiger partial charge in [-0.2, -0.15) is 0 Å². The molecule has 5 nitrogen and oxygen atoms in total. The molecule has 1 atom stereocenters. The van der Waals surface area contributed by atoms with E-state index >= 15 is 0 Å². The van der Waals surface area contributed by atoms with Crippen LogP contribution >= 0.6 is 0 Å². The van der Waals surface area contributed by atoms with Gasteiger partial charge in [-0.25, -0.2) is 0 Å². The van der Waals surface area contributed by atoms with Gasteiger partial charge in [-0.05, 0) is 51.9 Å². The molecule has 0 aromatic carbocycles. The number of hydrogen-bond donors (Lipinski definition) is 1. The van der Waals surface area contributed by atoms with Crippen LogP contribution < -0.4 is 5.32 Å². The fourth-order valence-electron chi connectivity index (χ4n) is 3.03. The van der Waals surface area contributed by atoms with Crippen molar-refractivity contribution in [2.24, 2.45) is 0 Å². The normalized spacial score (nSPS) is 25.2. The molecule has 0 bridgehead atoms. The van der Waals surface area contributed by atoms with Gasteiger partial charge in [0.15, 0.2) is 5.79 Å². The van der Waals surface area contributed by atoms with Gasteiger partial charge < -0.3 is 19.2 Å². The number of likely N-dealkylation sites (tertiary alicyclic amines) is 1. The summed E-state index contributed by atoms with van der Waals surface area (Å²) in [6, 6.07) is 4.59. The summed E-state index contributed by atoms with van der Waals surface area (Å²) in [4.78, 5) is 2.50. The van der Waals surface area contributed by atoms with Crippen molar-refractivity contribution in [3.8, 4) is 0 Å². The van der Waals surface area contributed by atoms with E-state index in [1.54, 1.807) is 6.26 Å². The third-order valence-corrected chi connectivity index (χ3v) is 4.32. The molecular weight excluding hydrogens is 268 g/mol. The zero-order valence-electron chi connectivity index (χ0n) is 13.0. The van der Waals surface area contributed by atoms with Crippen LogP contribution in [-0.4, -0.2) is 49.6 Å². The summed E-state index contributed by atoms with van der Waals surface area (Å²) in [6.45, 7) is 8.47. The Labute approximate surface area is 126 Å². The summed E-state index contributed by atoms with van der Waals surface area (Å²) in [7, 11) is 0. The molecule has 0 saturated carbocycles. The van der Waals surface area contributed by atoms with Crippen molar-refractivity contribution in [2.75, 3.05) is 32.8 Å². The van der Waals surface area contributed by atoms with Crippen molar-refractivity contribution in [3.05, 3.63) is 24.2 Å². The van der Waals surface area contributed by atoms with Gasteiger partial charge in [0.25, 0.3) is 0 Å². The molecule has 2 aliphatic rings. The van der Waals surface area contributed by atoms with Crippen molar-refractivity contribution in [1.29, 1.82) is 0 Å². The Kier molecular flexibility index (Phi) is 4.64. The van der Waals surface area contributed by atoms with Gasteiger partial charge in [-0.1, -0.05) is 0 Å². The first-order valence-corrected chi connectivity index (χ1v) is 7.93. The van der Waals surface area contributed by atoms with Crippen molar-refractivity contribution in [3.63, 3.8) is 0 Å². The predicted octanol–water partition coefficient (Wildman–Crippen LogP) is 2.16. The molecule has 0 amide bonds. The zero-order valence-corrected chi connectivity index (χ0v) is 13.0. The molecule has 21 heavy (non-hydrogen) atoms. The summed E-state index contributed by atoms with van der Waals surface area (Å²) in [6.07, 6.45) is 4.32. The minimum absolute atomic E-state index is 0.248. The lowest BCUT2D eigenvalue weighted by atomic mass is 10.1. The molecule has 0 radical (unpaired) electrons. The molecule has 2 saturated heterocycles. The lowest BCUT2D eigenvalue weighted by Gasteiger charge is -2.36. The summed E-state index contributed by atoms with van der Waals surface area (Å²) in [5, 5.41) is 3.57. The van der Waals surface area contributed by atoms with Gasteiger partial charge in [0, 0.05) is 6.54 Å². The Morgan fingerprint density at radius 1 is 1.29 bits per heavy atom. The average Bonchev–Trinajstić information content (AvgIpc) is 3.14. The molecule has 3 rings (SSSR count). The van der Waals surface area contributed by atoms with E-state index in [0.717, 1.165) is 25.4 Å². The Morgan fingerprint density at radius 2 is 2.00 bits per heavy atom. The zero-order chi connectivity index (χ0) is 14.7. The van der Waals surface area contributed by atoms with E-state index in [4.69, 9.17) is 13.9 Å². The number of ether oxygens (including phenoxy) is 2. The lowest BCUT2D eigenvalue weighted by Crippen LogP contribution is -2.50. The molecule has 0 aliphatic carbocycles. The van der Waals surface area contributed by atoms with E-state index < -0.39 is 5.79 Å². The van der Waals surface area contributed by atoms with Crippen molar-refractivity contribution in [2.45, 2.75) is 44.6 Å². The minimum atomic E-state index is -0.451. The SMILES string of the molecule is CC1(C)OCC(NCC(c2ccco2)N2CCCC2)CO1. The maximum Gasteiger partial charge on any atom is 0.162 e. The standard InChI is InChI=1S/C16H26N2O3/c1-16(2)20-11-13(12-21-16)17-10-14(15-6-5-9-19-15)18-7-3-4-8-18/h5-6,9,13-14,17H,3-4,7-8,10-12H2,1-2H3. The smallest absolute Gasteiger partial charge is 0.162 e. The topological polar surface area (TPSA) is 46.9 Å². The largest absolute Gasteiger partial charge is 0.468 e. The monoisotopic (exact) mass is 294 g/mol. The van der Waals surface area contributed by atoms with Crippen molar-refractivity contribution >= 4 is 0 Å². The summed E-state index contributed by atoms with van der Waals surface area (Å²) in [5.74, 6) is 0.593. The summed E-state index contributed by atoms with van der Waals surface area (Å²) < 4.78 is 17.0. The highest BCUT2D eigenvalue weighted by Crippen LogP contribution is 2.25.